The van der Waals surface area contributed by atoms with Gasteiger partial charge < -0.3 is 10.6 Å². The van der Waals surface area contributed by atoms with Gasteiger partial charge in [-0.05, 0) is 43.9 Å². The van der Waals surface area contributed by atoms with Crippen LogP contribution in [-0.4, -0.2) is 24.5 Å². The van der Waals surface area contributed by atoms with E-state index in [2.05, 4.69) is 10.6 Å². The largest absolute Gasteiger partial charge is 0.416 e. The molecule has 1 aromatic rings. The Morgan fingerprint density at radius 3 is 2.75 bits per heavy atom. The Morgan fingerprint density at radius 1 is 1.42 bits per heavy atom. The lowest BCUT2D eigenvalue weighted by Crippen LogP contribution is -2.52. The van der Waals surface area contributed by atoms with Crippen molar-refractivity contribution < 1.29 is 18.0 Å². The predicted molar refractivity (Wildman–Crippen MR) is 90.4 cm³/mol. The summed E-state index contributed by atoms with van der Waals surface area (Å²) in [5.41, 5.74) is -0.142. The van der Waals surface area contributed by atoms with E-state index in [-0.39, 0.29) is 42.7 Å². The van der Waals surface area contributed by atoms with E-state index in [9.17, 15) is 18.0 Å². The van der Waals surface area contributed by atoms with Crippen LogP contribution in [0.1, 0.15) is 50.2 Å². The van der Waals surface area contributed by atoms with E-state index in [1.54, 1.807) is 13.0 Å². The maximum absolute atomic E-state index is 12.8. The topological polar surface area (TPSA) is 41.1 Å². The quantitative estimate of drug-likeness (QED) is 0.851. The summed E-state index contributed by atoms with van der Waals surface area (Å²) in [7, 11) is 0. The molecular formula is C17H24ClF3N2O. The number of piperidine rings is 1. The van der Waals surface area contributed by atoms with Gasteiger partial charge in [-0.25, -0.2) is 0 Å². The van der Waals surface area contributed by atoms with Crippen LogP contribution in [-0.2, 0) is 11.0 Å². The molecule has 0 aromatic heterocycles. The Bertz CT molecular complexity index is 551. The fourth-order valence-electron chi connectivity index (χ4n) is 2.92. The molecular weight excluding hydrogens is 341 g/mol. The number of carbonyl (C=O) groups excluding carboxylic acids is 1. The van der Waals surface area contributed by atoms with E-state index in [0.717, 1.165) is 31.5 Å². The standard InChI is InChI=1S/C17H23F3N2O.ClH/c1-11(13-5-3-6-14(10-13)17(18,19)20)9-16(23)22-15-7-4-8-21-12(15)2;/h3,5-6,10-12,15,21H,4,7-9H2,1-2H3,(H,22,23);1H. The van der Waals surface area contributed by atoms with E-state index in [0.29, 0.717) is 5.56 Å². The van der Waals surface area contributed by atoms with E-state index < -0.39 is 11.7 Å². The molecule has 1 heterocycles. The number of nitrogens with one attached hydrogen (secondary N) is 2. The number of amides is 1. The van der Waals surface area contributed by atoms with Crippen molar-refractivity contribution in [2.45, 2.75) is 57.3 Å². The van der Waals surface area contributed by atoms with Crippen LogP contribution in [0, 0.1) is 0 Å². The highest BCUT2D eigenvalue weighted by Crippen LogP contribution is 2.31. The lowest BCUT2D eigenvalue weighted by Gasteiger charge is -2.31. The Labute approximate surface area is 146 Å². The zero-order chi connectivity index (χ0) is 17.0. The molecule has 1 saturated heterocycles. The van der Waals surface area contributed by atoms with E-state index in [1.165, 1.54) is 6.07 Å². The molecule has 3 atom stereocenters. The van der Waals surface area contributed by atoms with Crippen LogP contribution in [0.4, 0.5) is 13.2 Å². The van der Waals surface area contributed by atoms with Gasteiger partial charge in [0.1, 0.15) is 0 Å². The molecule has 2 rings (SSSR count). The van der Waals surface area contributed by atoms with Crippen molar-refractivity contribution in [3.8, 4) is 0 Å². The molecule has 1 amide bonds. The molecule has 1 aliphatic rings. The minimum atomic E-state index is -4.36. The molecule has 1 fully saturated rings. The molecule has 1 aromatic carbocycles. The molecule has 0 spiro atoms. The van der Waals surface area contributed by atoms with Gasteiger partial charge in [0.15, 0.2) is 0 Å². The first kappa shape index (κ1) is 20.8. The van der Waals surface area contributed by atoms with Crippen molar-refractivity contribution in [1.82, 2.24) is 10.6 Å². The smallest absolute Gasteiger partial charge is 0.352 e. The molecule has 1 aliphatic heterocycles. The molecule has 0 aliphatic carbocycles. The molecule has 7 heteroatoms. The molecule has 136 valence electrons. The maximum Gasteiger partial charge on any atom is 0.416 e. The highest BCUT2D eigenvalue weighted by Gasteiger charge is 2.31. The lowest BCUT2D eigenvalue weighted by molar-refractivity contribution is -0.137. The van der Waals surface area contributed by atoms with Crippen LogP contribution in [0.3, 0.4) is 0 Å². The van der Waals surface area contributed by atoms with Crippen LogP contribution in [0.15, 0.2) is 24.3 Å². The van der Waals surface area contributed by atoms with E-state index in [4.69, 9.17) is 0 Å². The van der Waals surface area contributed by atoms with Crippen molar-refractivity contribution in [1.29, 1.82) is 0 Å². The van der Waals surface area contributed by atoms with Crippen LogP contribution in [0.25, 0.3) is 0 Å². The highest BCUT2D eigenvalue weighted by molar-refractivity contribution is 5.85. The number of hydrogen-bond acceptors (Lipinski definition) is 2. The summed E-state index contributed by atoms with van der Waals surface area (Å²) in [5.74, 6) is -0.375. The molecule has 3 nitrogen and oxygen atoms in total. The first-order chi connectivity index (χ1) is 10.8. The normalized spacial score (nSPS) is 22.4. The minimum absolute atomic E-state index is 0. The Kier molecular flexibility index (Phi) is 7.55. The van der Waals surface area contributed by atoms with E-state index in [1.807, 2.05) is 6.92 Å². The monoisotopic (exact) mass is 364 g/mol. The van der Waals surface area contributed by atoms with Gasteiger partial charge in [0, 0.05) is 18.5 Å². The van der Waals surface area contributed by atoms with Gasteiger partial charge in [0.05, 0.1) is 5.56 Å². The Balaban J connectivity index is 0.00000288. The molecule has 2 N–H and O–H groups in total. The Morgan fingerprint density at radius 2 is 2.12 bits per heavy atom. The summed E-state index contributed by atoms with van der Waals surface area (Å²) in [5, 5.41) is 6.30. The predicted octanol–water partition coefficient (Wildman–Crippen LogP) is 3.88. The molecule has 0 bridgehead atoms. The average Bonchev–Trinajstić information content (AvgIpc) is 2.49. The highest BCUT2D eigenvalue weighted by atomic mass is 35.5. The second-order valence-electron chi connectivity index (χ2n) is 6.29. The van der Waals surface area contributed by atoms with Crippen molar-refractivity contribution >= 4 is 18.3 Å². The number of benzene rings is 1. The average molecular weight is 365 g/mol. The number of carbonyl (C=O) groups is 1. The fourth-order valence-corrected chi connectivity index (χ4v) is 2.92. The van der Waals surface area contributed by atoms with Crippen LogP contribution < -0.4 is 10.6 Å². The maximum atomic E-state index is 12.8. The fraction of sp³-hybridized carbons (Fsp3) is 0.588. The molecule has 24 heavy (non-hydrogen) atoms. The summed E-state index contributed by atoms with van der Waals surface area (Å²) in [6.07, 6.45) is -2.23. The minimum Gasteiger partial charge on any atom is -0.352 e. The molecule has 3 unspecified atom stereocenters. The number of hydrogen-bond donors (Lipinski definition) is 2. The lowest BCUT2D eigenvalue weighted by atomic mass is 9.94. The summed E-state index contributed by atoms with van der Waals surface area (Å²) >= 11 is 0. The first-order valence-electron chi connectivity index (χ1n) is 7.97. The van der Waals surface area contributed by atoms with Crippen molar-refractivity contribution in [3.63, 3.8) is 0 Å². The third-order valence-electron chi connectivity index (χ3n) is 4.38. The van der Waals surface area contributed by atoms with E-state index >= 15 is 0 Å². The van der Waals surface area contributed by atoms with Gasteiger partial charge in [-0.1, -0.05) is 25.1 Å². The van der Waals surface area contributed by atoms with Gasteiger partial charge in [-0.3, -0.25) is 4.79 Å². The molecule has 0 saturated carbocycles. The number of halogens is 4. The van der Waals surface area contributed by atoms with Crippen LogP contribution in [0.5, 0.6) is 0 Å². The second-order valence-corrected chi connectivity index (χ2v) is 6.29. The van der Waals surface area contributed by atoms with Gasteiger partial charge in [0.2, 0.25) is 5.91 Å². The van der Waals surface area contributed by atoms with Gasteiger partial charge in [-0.15, -0.1) is 12.4 Å². The third-order valence-corrected chi connectivity index (χ3v) is 4.38. The summed E-state index contributed by atoms with van der Waals surface area (Å²) in [4.78, 5) is 12.2. The third kappa shape index (κ3) is 5.67. The molecule has 0 radical (unpaired) electrons. The zero-order valence-electron chi connectivity index (χ0n) is 13.8. The summed E-state index contributed by atoms with van der Waals surface area (Å²) < 4.78 is 38.3. The summed E-state index contributed by atoms with van der Waals surface area (Å²) in [6.45, 7) is 4.76. The Hall–Kier alpha value is -1.27. The van der Waals surface area contributed by atoms with Gasteiger partial charge in [-0.2, -0.15) is 13.2 Å². The van der Waals surface area contributed by atoms with Crippen LogP contribution >= 0.6 is 12.4 Å². The van der Waals surface area contributed by atoms with Crippen molar-refractivity contribution in [2.75, 3.05) is 6.54 Å². The van der Waals surface area contributed by atoms with Crippen molar-refractivity contribution in [3.05, 3.63) is 35.4 Å². The van der Waals surface area contributed by atoms with Crippen LogP contribution in [0.2, 0.25) is 0 Å². The summed E-state index contributed by atoms with van der Waals surface area (Å²) in [6, 6.07) is 5.51. The zero-order valence-corrected chi connectivity index (χ0v) is 14.6. The SMILES string of the molecule is CC(CC(=O)NC1CCCNC1C)c1cccc(C(F)(F)F)c1.Cl. The van der Waals surface area contributed by atoms with Crippen molar-refractivity contribution in [2.24, 2.45) is 0 Å². The number of rotatable bonds is 4. The second kappa shape index (κ2) is 8.72. The van der Waals surface area contributed by atoms with Gasteiger partial charge in [0.25, 0.3) is 0 Å². The number of alkyl halides is 3. The first-order valence-corrected chi connectivity index (χ1v) is 7.97. The van der Waals surface area contributed by atoms with Gasteiger partial charge >= 0.3 is 6.18 Å².